The smallest absolute Gasteiger partial charge is 0.348 e. The highest BCUT2D eigenvalue weighted by Crippen LogP contribution is 2.34. The number of thiophene rings is 1. The molecule has 2 heterocycles. The average Bonchev–Trinajstić information content (AvgIpc) is 3.25. The van der Waals surface area contributed by atoms with E-state index in [2.05, 4.69) is 28.5 Å². The lowest BCUT2D eigenvalue weighted by Gasteiger charge is -2.25. The number of imidazole rings is 1. The van der Waals surface area contributed by atoms with E-state index in [1.807, 2.05) is 29.6 Å². The SMILES string of the molecule is Cc1n(CCCOC(=O)C(O)(c2ccccc2)c2cccs2)cc[n+]1CC1CC1. The quantitative estimate of drug-likeness (QED) is 0.333. The Hall–Kier alpha value is -2.44. The molecule has 2 aromatic heterocycles. The Morgan fingerprint density at radius 1 is 1.28 bits per heavy atom. The third kappa shape index (κ3) is 4.28. The summed E-state index contributed by atoms with van der Waals surface area (Å²) in [6, 6.07) is 12.6. The molecule has 1 N–H and O–H groups in total. The number of benzene rings is 1. The molecular weight excluding hydrogens is 384 g/mol. The van der Waals surface area contributed by atoms with E-state index in [0.717, 1.165) is 19.0 Å². The maximum absolute atomic E-state index is 12.9. The number of aryl methyl sites for hydroxylation is 1. The standard InChI is InChI=1S/C23H27N2O3S/c1-18-24(13-14-25(18)17-19-10-11-19)12-6-15-28-22(26)23(27,21-9-5-16-29-21)20-7-3-2-4-8-20/h2-5,7-9,13-14,16,19,27H,6,10-12,15,17H2,1H3/q+1. The van der Waals surface area contributed by atoms with Crippen molar-refractivity contribution in [2.45, 2.75) is 44.9 Å². The van der Waals surface area contributed by atoms with Gasteiger partial charge in [0, 0.05) is 18.9 Å². The van der Waals surface area contributed by atoms with Gasteiger partial charge in [0.15, 0.2) is 0 Å². The molecule has 3 aromatic rings. The van der Waals surface area contributed by atoms with Crippen molar-refractivity contribution in [1.29, 1.82) is 0 Å². The van der Waals surface area contributed by atoms with Crippen molar-refractivity contribution < 1.29 is 19.2 Å². The highest BCUT2D eigenvalue weighted by molar-refractivity contribution is 7.10. The van der Waals surface area contributed by atoms with Crippen LogP contribution in [0.2, 0.25) is 0 Å². The van der Waals surface area contributed by atoms with Crippen LogP contribution in [0.25, 0.3) is 0 Å². The molecule has 0 spiro atoms. The van der Waals surface area contributed by atoms with Crippen molar-refractivity contribution >= 4 is 17.3 Å². The predicted molar refractivity (Wildman–Crippen MR) is 111 cm³/mol. The van der Waals surface area contributed by atoms with Gasteiger partial charge in [-0.2, -0.15) is 0 Å². The molecule has 5 nitrogen and oxygen atoms in total. The molecule has 6 heteroatoms. The zero-order valence-corrected chi connectivity index (χ0v) is 17.5. The summed E-state index contributed by atoms with van der Waals surface area (Å²) >= 11 is 1.35. The number of rotatable bonds is 9. The van der Waals surface area contributed by atoms with Crippen LogP contribution in [0, 0.1) is 12.8 Å². The normalized spacial score (nSPS) is 15.8. The van der Waals surface area contributed by atoms with Gasteiger partial charge in [0.05, 0.1) is 24.6 Å². The van der Waals surface area contributed by atoms with Crippen LogP contribution in [0.15, 0.2) is 60.2 Å². The van der Waals surface area contributed by atoms with Crippen molar-refractivity contribution in [3.63, 3.8) is 0 Å². The second-order valence-electron chi connectivity index (χ2n) is 7.68. The van der Waals surface area contributed by atoms with Gasteiger partial charge >= 0.3 is 5.97 Å². The average molecular weight is 412 g/mol. The molecule has 1 aliphatic carbocycles. The lowest BCUT2D eigenvalue weighted by Crippen LogP contribution is -2.38. The Morgan fingerprint density at radius 2 is 2.07 bits per heavy atom. The fraction of sp³-hybridized carbons (Fsp3) is 0.391. The summed E-state index contributed by atoms with van der Waals surface area (Å²) < 4.78 is 10.0. The number of hydrogen-bond donors (Lipinski definition) is 1. The summed E-state index contributed by atoms with van der Waals surface area (Å²) in [5.41, 5.74) is -1.25. The Morgan fingerprint density at radius 3 is 2.76 bits per heavy atom. The van der Waals surface area contributed by atoms with Crippen LogP contribution in [0.5, 0.6) is 0 Å². The number of carbonyl (C=O) groups is 1. The number of ether oxygens (including phenoxy) is 1. The fourth-order valence-electron chi connectivity index (χ4n) is 3.58. The molecule has 152 valence electrons. The first-order chi connectivity index (χ1) is 14.1. The van der Waals surface area contributed by atoms with E-state index in [9.17, 15) is 9.90 Å². The Kier molecular flexibility index (Phi) is 5.83. The number of aliphatic hydroxyl groups is 1. The summed E-state index contributed by atoms with van der Waals surface area (Å²) in [6.07, 6.45) is 7.58. The molecule has 0 aliphatic heterocycles. The van der Waals surface area contributed by atoms with Crippen molar-refractivity contribution in [2.24, 2.45) is 5.92 Å². The zero-order chi connectivity index (χ0) is 20.3. The molecule has 29 heavy (non-hydrogen) atoms. The highest BCUT2D eigenvalue weighted by atomic mass is 32.1. The lowest BCUT2D eigenvalue weighted by atomic mass is 9.92. The second-order valence-corrected chi connectivity index (χ2v) is 8.63. The third-order valence-corrected chi connectivity index (χ3v) is 6.53. The Bertz CT molecular complexity index is 948. The van der Waals surface area contributed by atoms with Crippen LogP contribution in [-0.4, -0.2) is 22.2 Å². The zero-order valence-electron chi connectivity index (χ0n) is 16.7. The van der Waals surface area contributed by atoms with Crippen LogP contribution in [-0.2, 0) is 28.2 Å². The van der Waals surface area contributed by atoms with Crippen LogP contribution in [0.4, 0.5) is 0 Å². The summed E-state index contributed by atoms with van der Waals surface area (Å²) in [5.74, 6) is 1.44. The molecule has 1 aliphatic rings. The largest absolute Gasteiger partial charge is 0.463 e. The topological polar surface area (TPSA) is 55.3 Å². The first-order valence-electron chi connectivity index (χ1n) is 10.1. The first-order valence-corrected chi connectivity index (χ1v) is 11.0. The predicted octanol–water partition coefficient (Wildman–Crippen LogP) is 3.42. The van der Waals surface area contributed by atoms with Gasteiger partial charge in [-0.15, -0.1) is 11.3 Å². The van der Waals surface area contributed by atoms with E-state index in [-0.39, 0.29) is 6.61 Å². The van der Waals surface area contributed by atoms with E-state index in [4.69, 9.17) is 4.74 Å². The maximum Gasteiger partial charge on any atom is 0.348 e. The molecule has 1 saturated carbocycles. The van der Waals surface area contributed by atoms with Gasteiger partial charge in [-0.1, -0.05) is 36.4 Å². The molecule has 1 aromatic carbocycles. The minimum Gasteiger partial charge on any atom is -0.463 e. The summed E-state index contributed by atoms with van der Waals surface area (Å²) in [6.45, 7) is 4.26. The molecule has 0 saturated heterocycles. The van der Waals surface area contributed by atoms with Crippen molar-refractivity contribution in [2.75, 3.05) is 6.61 Å². The van der Waals surface area contributed by atoms with Gasteiger partial charge in [-0.3, -0.25) is 0 Å². The van der Waals surface area contributed by atoms with E-state index in [0.29, 0.717) is 16.9 Å². The lowest BCUT2D eigenvalue weighted by molar-refractivity contribution is -0.705. The minimum atomic E-state index is -1.77. The van der Waals surface area contributed by atoms with Crippen molar-refractivity contribution in [3.05, 3.63) is 76.5 Å². The molecule has 0 amide bonds. The number of nitrogens with zero attached hydrogens (tertiary/aromatic N) is 2. The van der Waals surface area contributed by atoms with Crippen LogP contribution >= 0.6 is 11.3 Å². The number of aromatic nitrogens is 2. The van der Waals surface area contributed by atoms with Gasteiger partial charge < -0.3 is 9.84 Å². The fourth-order valence-corrected chi connectivity index (χ4v) is 4.41. The molecule has 1 atom stereocenters. The van der Waals surface area contributed by atoms with Gasteiger partial charge in [0.2, 0.25) is 5.60 Å². The molecule has 1 fully saturated rings. The van der Waals surface area contributed by atoms with Crippen LogP contribution in [0.1, 0.15) is 35.5 Å². The van der Waals surface area contributed by atoms with Crippen LogP contribution in [0.3, 0.4) is 0 Å². The van der Waals surface area contributed by atoms with E-state index in [1.54, 1.807) is 18.2 Å². The third-order valence-electron chi connectivity index (χ3n) is 5.55. The first kappa shape index (κ1) is 19.9. The Balaban J connectivity index is 1.37. The number of hydrogen-bond acceptors (Lipinski definition) is 4. The van der Waals surface area contributed by atoms with Crippen molar-refractivity contribution in [1.82, 2.24) is 4.57 Å². The van der Waals surface area contributed by atoms with Gasteiger partial charge in [0.25, 0.3) is 5.82 Å². The van der Waals surface area contributed by atoms with Gasteiger partial charge in [-0.05, 0) is 30.2 Å². The molecule has 0 bridgehead atoms. The molecule has 4 rings (SSSR count). The molecule has 0 radical (unpaired) electrons. The van der Waals surface area contributed by atoms with E-state index in [1.165, 1.54) is 30.0 Å². The maximum atomic E-state index is 12.9. The van der Waals surface area contributed by atoms with Gasteiger partial charge in [-0.25, -0.2) is 13.9 Å². The summed E-state index contributed by atoms with van der Waals surface area (Å²) in [7, 11) is 0. The second kappa shape index (κ2) is 8.51. The van der Waals surface area contributed by atoms with Gasteiger partial charge in [0.1, 0.15) is 12.4 Å². The number of esters is 1. The summed E-state index contributed by atoms with van der Waals surface area (Å²) in [5, 5.41) is 13.1. The van der Waals surface area contributed by atoms with Crippen molar-refractivity contribution in [3.8, 4) is 0 Å². The van der Waals surface area contributed by atoms with E-state index < -0.39 is 11.6 Å². The highest BCUT2D eigenvalue weighted by Gasteiger charge is 2.42. The van der Waals surface area contributed by atoms with Crippen LogP contribution < -0.4 is 4.57 Å². The monoisotopic (exact) mass is 411 g/mol. The summed E-state index contributed by atoms with van der Waals surface area (Å²) in [4.78, 5) is 13.5. The molecule has 1 unspecified atom stereocenters. The number of carbonyl (C=O) groups excluding carboxylic acids is 1. The van der Waals surface area contributed by atoms with E-state index >= 15 is 0 Å². The Labute approximate surface area is 175 Å². The molecular formula is C23H27N2O3S+. The minimum absolute atomic E-state index is 0.263.